The number of nitrogens with one attached hydrogen (secondary N) is 2. The molecule has 1 rings (SSSR count). The van der Waals surface area contributed by atoms with Crippen LogP contribution in [-0.4, -0.2) is 58.2 Å². The Hall–Kier alpha value is -2.61. The third-order valence-corrected chi connectivity index (χ3v) is 4.73. The molecule has 0 aliphatic carbocycles. The van der Waals surface area contributed by atoms with E-state index in [1.807, 2.05) is 19.9 Å². The van der Waals surface area contributed by atoms with E-state index in [0.717, 1.165) is 12.8 Å². The quantitative estimate of drug-likeness (QED) is 0.509. The largest absolute Gasteiger partial charge is 0.444 e. The number of rotatable bonds is 10. The highest BCUT2D eigenvalue weighted by molar-refractivity contribution is 5.92. The second-order valence-electron chi connectivity index (χ2n) is 9.23. The molecule has 32 heavy (non-hydrogen) atoms. The maximum absolute atomic E-state index is 13.5. The van der Waals surface area contributed by atoms with E-state index in [9.17, 15) is 19.5 Å². The number of carbonyl (C=O) groups excluding carboxylic acids is 3. The van der Waals surface area contributed by atoms with E-state index in [2.05, 4.69) is 10.6 Å². The van der Waals surface area contributed by atoms with Gasteiger partial charge in [-0.15, -0.1) is 0 Å². The molecule has 1 aromatic rings. The van der Waals surface area contributed by atoms with Gasteiger partial charge in [-0.3, -0.25) is 9.59 Å². The molecule has 3 N–H and O–H groups in total. The number of alkyl carbamates (subject to hydrolysis) is 1. The van der Waals surface area contributed by atoms with Crippen LogP contribution in [0.2, 0.25) is 0 Å². The van der Waals surface area contributed by atoms with Crippen molar-refractivity contribution in [2.45, 2.75) is 91.1 Å². The monoisotopic (exact) mass is 449 g/mol. The number of ether oxygens (including phenoxy) is 1. The summed E-state index contributed by atoms with van der Waals surface area (Å²) in [4.78, 5) is 40.4. The van der Waals surface area contributed by atoms with E-state index in [4.69, 9.17) is 4.74 Å². The maximum Gasteiger partial charge on any atom is 0.408 e. The number of aliphatic hydroxyl groups excluding tert-OH is 1. The molecule has 3 atom stereocenters. The lowest BCUT2D eigenvalue weighted by molar-refractivity contribution is -0.145. The Labute approximate surface area is 191 Å². The molecule has 3 unspecified atom stereocenters. The summed E-state index contributed by atoms with van der Waals surface area (Å²) in [7, 11) is 0. The van der Waals surface area contributed by atoms with Crippen LogP contribution >= 0.6 is 0 Å². The van der Waals surface area contributed by atoms with Crippen LogP contribution in [0.25, 0.3) is 0 Å². The van der Waals surface area contributed by atoms with Gasteiger partial charge in [0.15, 0.2) is 0 Å². The van der Waals surface area contributed by atoms with Gasteiger partial charge in [-0.2, -0.15) is 0 Å². The van der Waals surface area contributed by atoms with Gasteiger partial charge >= 0.3 is 6.09 Å². The third kappa shape index (κ3) is 8.49. The Morgan fingerprint density at radius 2 is 1.66 bits per heavy atom. The minimum absolute atomic E-state index is 0.0589. The topological polar surface area (TPSA) is 108 Å². The van der Waals surface area contributed by atoms with Crippen molar-refractivity contribution in [3.63, 3.8) is 0 Å². The highest BCUT2D eigenvalue weighted by atomic mass is 16.6. The number of benzene rings is 1. The van der Waals surface area contributed by atoms with Crippen LogP contribution < -0.4 is 10.6 Å². The highest BCUT2D eigenvalue weighted by Crippen LogP contribution is 2.25. The van der Waals surface area contributed by atoms with Crippen molar-refractivity contribution < 1.29 is 24.2 Å². The zero-order valence-electron chi connectivity index (χ0n) is 20.3. The molecule has 0 saturated carbocycles. The van der Waals surface area contributed by atoms with Crippen LogP contribution in [0.15, 0.2) is 30.3 Å². The second kappa shape index (κ2) is 12.4. The van der Waals surface area contributed by atoms with Crippen molar-refractivity contribution in [1.29, 1.82) is 0 Å². The average molecular weight is 450 g/mol. The number of hydrogen-bond acceptors (Lipinski definition) is 5. The van der Waals surface area contributed by atoms with Crippen LogP contribution in [0.3, 0.4) is 0 Å². The molecule has 1 aromatic carbocycles. The molecule has 0 aromatic heterocycles. The molecule has 0 radical (unpaired) electrons. The van der Waals surface area contributed by atoms with Crippen LogP contribution in [0, 0.1) is 0 Å². The molecule has 180 valence electrons. The molecule has 0 fully saturated rings. The molecular formula is C24H39N3O5. The summed E-state index contributed by atoms with van der Waals surface area (Å²) in [6.45, 7) is 12.0. The Bertz CT molecular complexity index is 746. The average Bonchev–Trinajstić information content (AvgIpc) is 2.68. The van der Waals surface area contributed by atoms with Crippen molar-refractivity contribution in [2.24, 2.45) is 0 Å². The van der Waals surface area contributed by atoms with Gasteiger partial charge in [0, 0.05) is 12.1 Å². The van der Waals surface area contributed by atoms with Crippen LogP contribution in [0.5, 0.6) is 0 Å². The first-order chi connectivity index (χ1) is 14.9. The van der Waals surface area contributed by atoms with Gasteiger partial charge in [0.2, 0.25) is 11.8 Å². The summed E-state index contributed by atoms with van der Waals surface area (Å²) < 4.78 is 5.22. The van der Waals surface area contributed by atoms with E-state index in [1.54, 1.807) is 58.9 Å². The van der Waals surface area contributed by atoms with E-state index in [-0.39, 0.29) is 18.0 Å². The first-order valence-corrected chi connectivity index (χ1v) is 11.2. The number of nitrogens with zero attached hydrogens (tertiary/aromatic N) is 1. The fourth-order valence-electron chi connectivity index (χ4n) is 3.40. The van der Waals surface area contributed by atoms with E-state index >= 15 is 0 Å². The zero-order chi connectivity index (χ0) is 24.5. The second-order valence-corrected chi connectivity index (χ2v) is 9.23. The first-order valence-electron chi connectivity index (χ1n) is 11.2. The molecule has 0 heterocycles. The van der Waals surface area contributed by atoms with Crippen LogP contribution in [0.4, 0.5) is 4.79 Å². The summed E-state index contributed by atoms with van der Waals surface area (Å²) in [5.41, 5.74) is -0.114. The normalized spacial score (nSPS) is 14.3. The summed E-state index contributed by atoms with van der Waals surface area (Å²) in [6, 6.07) is 6.40. The molecule has 0 aliphatic heterocycles. The Balaban J connectivity index is 3.27. The fraction of sp³-hybridized carbons (Fsp3) is 0.625. The van der Waals surface area contributed by atoms with Gasteiger partial charge in [-0.1, -0.05) is 43.7 Å². The van der Waals surface area contributed by atoms with E-state index in [0.29, 0.717) is 5.56 Å². The van der Waals surface area contributed by atoms with Crippen molar-refractivity contribution >= 4 is 17.9 Å². The van der Waals surface area contributed by atoms with E-state index < -0.39 is 36.3 Å². The Kier molecular flexibility index (Phi) is 10.7. The lowest BCUT2D eigenvalue weighted by Crippen LogP contribution is -2.56. The van der Waals surface area contributed by atoms with Crippen molar-refractivity contribution in [1.82, 2.24) is 15.5 Å². The SMILES string of the molecule is CCCC(C)NC(=O)C(c1ccccc1)N(C(=O)C(CO)NC(=O)OC(C)(C)C)C(C)C. The third-order valence-electron chi connectivity index (χ3n) is 4.73. The molecule has 0 saturated heterocycles. The summed E-state index contributed by atoms with van der Waals surface area (Å²) >= 11 is 0. The Morgan fingerprint density at radius 3 is 2.12 bits per heavy atom. The van der Waals surface area contributed by atoms with Crippen molar-refractivity contribution in [3.8, 4) is 0 Å². The lowest BCUT2D eigenvalue weighted by Gasteiger charge is -2.37. The summed E-state index contributed by atoms with van der Waals surface area (Å²) in [6.07, 6.45) is 0.907. The van der Waals surface area contributed by atoms with Gasteiger partial charge in [0.05, 0.1) is 6.61 Å². The van der Waals surface area contributed by atoms with Gasteiger partial charge in [0.1, 0.15) is 17.7 Å². The molecule has 8 heteroatoms. The molecule has 0 aliphatic rings. The number of amides is 3. The van der Waals surface area contributed by atoms with Crippen molar-refractivity contribution in [3.05, 3.63) is 35.9 Å². The fourth-order valence-corrected chi connectivity index (χ4v) is 3.40. The smallest absolute Gasteiger partial charge is 0.408 e. The zero-order valence-corrected chi connectivity index (χ0v) is 20.3. The van der Waals surface area contributed by atoms with Gasteiger partial charge in [-0.25, -0.2) is 4.79 Å². The summed E-state index contributed by atoms with van der Waals surface area (Å²) in [5, 5.41) is 15.3. The van der Waals surface area contributed by atoms with E-state index in [1.165, 1.54) is 4.90 Å². The molecule has 0 bridgehead atoms. The van der Waals surface area contributed by atoms with Crippen LogP contribution in [-0.2, 0) is 14.3 Å². The predicted molar refractivity (Wildman–Crippen MR) is 124 cm³/mol. The predicted octanol–water partition coefficient (Wildman–Crippen LogP) is 3.16. The summed E-state index contributed by atoms with van der Waals surface area (Å²) in [5.74, 6) is -0.881. The number of carbonyl (C=O) groups is 3. The number of hydrogen-bond donors (Lipinski definition) is 3. The molecular weight excluding hydrogens is 410 g/mol. The molecule has 0 spiro atoms. The van der Waals surface area contributed by atoms with Gasteiger partial charge in [0.25, 0.3) is 0 Å². The lowest BCUT2D eigenvalue weighted by atomic mass is 10.0. The standard InChI is InChI=1S/C24H39N3O5/c1-8-12-17(4)25-21(29)20(18-13-10-9-11-14-18)27(16(2)3)22(30)19(15-28)26-23(31)32-24(5,6)7/h9-11,13-14,16-17,19-20,28H,8,12,15H2,1-7H3,(H,25,29)(H,26,31). The molecule has 8 nitrogen and oxygen atoms in total. The minimum atomic E-state index is -1.25. The maximum atomic E-state index is 13.5. The van der Waals surface area contributed by atoms with Crippen molar-refractivity contribution in [2.75, 3.05) is 6.61 Å². The minimum Gasteiger partial charge on any atom is -0.444 e. The van der Waals surface area contributed by atoms with Gasteiger partial charge < -0.3 is 25.4 Å². The molecule has 3 amide bonds. The highest BCUT2D eigenvalue weighted by Gasteiger charge is 2.37. The Morgan fingerprint density at radius 1 is 1.06 bits per heavy atom. The van der Waals surface area contributed by atoms with Crippen LogP contribution in [0.1, 0.15) is 72.9 Å². The first kappa shape index (κ1) is 27.4. The van der Waals surface area contributed by atoms with Gasteiger partial charge in [-0.05, 0) is 53.5 Å². The number of aliphatic hydroxyl groups is 1.